The summed E-state index contributed by atoms with van der Waals surface area (Å²) in [5, 5.41) is 2.20. The summed E-state index contributed by atoms with van der Waals surface area (Å²) in [6, 6.07) is -0.517. The summed E-state index contributed by atoms with van der Waals surface area (Å²) in [5.41, 5.74) is 3.76. The number of hydrogen-bond donors (Lipinski definition) is 2. The lowest BCUT2D eigenvalue weighted by Crippen LogP contribution is -2.43. The van der Waals surface area contributed by atoms with Crippen molar-refractivity contribution < 1.29 is 22.8 Å². The molecule has 0 radical (unpaired) electrons. The van der Waals surface area contributed by atoms with E-state index in [-0.39, 0.29) is 11.3 Å². The molecule has 20 heavy (non-hydrogen) atoms. The summed E-state index contributed by atoms with van der Waals surface area (Å²) in [7, 11) is 0. The van der Waals surface area contributed by atoms with Crippen molar-refractivity contribution >= 4 is 17.4 Å². The van der Waals surface area contributed by atoms with Crippen molar-refractivity contribution in [1.82, 2.24) is 0 Å². The van der Waals surface area contributed by atoms with Crippen LogP contribution in [0.2, 0.25) is 0 Å². The van der Waals surface area contributed by atoms with Gasteiger partial charge in [0.2, 0.25) is 5.91 Å². The molecule has 0 heterocycles. The second kappa shape index (κ2) is 4.59. The number of Topliss-reactive ketones (excluding diaryl/α,β-unsaturated/α-hetero) is 1. The van der Waals surface area contributed by atoms with Crippen LogP contribution in [0, 0.1) is 12.7 Å². The zero-order chi connectivity index (χ0) is 15.2. The maximum atomic E-state index is 14.1. The number of anilines is 1. The van der Waals surface area contributed by atoms with E-state index in [1.807, 2.05) is 0 Å². The third-order valence-corrected chi connectivity index (χ3v) is 3.26. The number of carbonyl (C=O) groups excluding carboxylic acids is 2. The number of ketones is 1. The third-order valence-electron chi connectivity index (χ3n) is 3.26. The molecule has 1 aromatic rings. The molecule has 108 valence electrons. The molecule has 4 nitrogen and oxygen atoms in total. The molecule has 3 N–H and O–H groups in total. The van der Waals surface area contributed by atoms with Crippen LogP contribution in [0.25, 0.3) is 0 Å². The van der Waals surface area contributed by atoms with Crippen molar-refractivity contribution in [2.24, 2.45) is 5.73 Å². The van der Waals surface area contributed by atoms with Gasteiger partial charge >= 0.3 is 0 Å². The lowest BCUT2D eigenvalue weighted by atomic mass is 9.81. The van der Waals surface area contributed by atoms with Crippen LogP contribution in [0.4, 0.5) is 18.9 Å². The molecule has 0 saturated heterocycles. The number of amides is 1. The van der Waals surface area contributed by atoms with Crippen molar-refractivity contribution in [3.63, 3.8) is 0 Å². The molecular formula is C13H13F3N2O2. The second-order valence-electron chi connectivity index (χ2n) is 4.84. The molecule has 0 aromatic heterocycles. The minimum absolute atomic E-state index is 0.268. The largest absolute Gasteiger partial charge is 0.326 e. The standard InChI is InChI=1S/C13H13F3N2O2/c1-5-7(14)3-9(18-6(2)19)10-11(5)13(15,16)4-8(17)12(10)20/h3,8H,4,17H2,1-2H3,(H,18,19). The monoisotopic (exact) mass is 286 g/mol. The lowest BCUT2D eigenvalue weighted by Gasteiger charge is -2.31. The molecule has 0 bridgehead atoms. The summed E-state index contributed by atoms with van der Waals surface area (Å²) in [5.74, 6) is -5.64. The van der Waals surface area contributed by atoms with Crippen LogP contribution in [-0.2, 0) is 10.7 Å². The van der Waals surface area contributed by atoms with Crippen LogP contribution in [-0.4, -0.2) is 17.7 Å². The SMILES string of the molecule is CC(=O)Nc1cc(F)c(C)c2c1C(=O)C(N)CC2(F)F. The number of rotatable bonds is 1. The van der Waals surface area contributed by atoms with Crippen LogP contribution in [0.1, 0.15) is 34.8 Å². The zero-order valence-corrected chi connectivity index (χ0v) is 10.9. The number of alkyl halides is 2. The van der Waals surface area contributed by atoms with Gasteiger partial charge in [0.1, 0.15) is 5.82 Å². The number of nitrogens with one attached hydrogen (secondary N) is 1. The van der Waals surface area contributed by atoms with Crippen molar-refractivity contribution in [1.29, 1.82) is 0 Å². The number of halogens is 3. The fourth-order valence-electron chi connectivity index (χ4n) is 2.41. The molecule has 1 aliphatic rings. The smallest absolute Gasteiger partial charge is 0.276 e. The van der Waals surface area contributed by atoms with Gasteiger partial charge in [-0.05, 0) is 18.6 Å². The van der Waals surface area contributed by atoms with Crippen LogP contribution in [0.5, 0.6) is 0 Å². The van der Waals surface area contributed by atoms with Crippen molar-refractivity contribution in [2.75, 3.05) is 5.32 Å². The highest BCUT2D eigenvalue weighted by atomic mass is 19.3. The fraction of sp³-hybridized carbons (Fsp3) is 0.385. The Morgan fingerprint density at radius 1 is 1.50 bits per heavy atom. The number of hydrogen-bond acceptors (Lipinski definition) is 3. The first-order chi connectivity index (χ1) is 9.15. The van der Waals surface area contributed by atoms with Gasteiger partial charge in [-0.15, -0.1) is 0 Å². The Morgan fingerprint density at radius 3 is 2.65 bits per heavy atom. The van der Waals surface area contributed by atoms with Gasteiger partial charge in [-0.25, -0.2) is 13.2 Å². The molecule has 0 fully saturated rings. The summed E-state index contributed by atoms with van der Waals surface area (Å²) in [6.45, 7) is 2.30. The van der Waals surface area contributed by atoms with Crippen LogP contribution >= 0.6 is 0 Å². The van der Waals surface area contributed by atoms with Gasteiger partial charge in [0, 0.05) is 18.9 Å². The summed E-state index contributed by atoms with van der Waals surface area (Å²) < 4.78 is 41.9. The van der Waals surface area contributed by atoms with Gasteiger partial charge in [0.15, 0.2) is 5.78 Å². The minimum atomic E-state index is -3.41. The molecule has 1 atom stereocenters. The predicted molar refractivity (Wildman–Crippen MR) is 66.3 cm³/mol. The zero-order valence-electron chi connectivity index (χ0n) is 10.9. The number of fused-ring (bicyclic) bond motifs is 1. The Hall–Kier alpha value is -1.89. The van der Waals surface area contributed by atoms with E-state index >= 15 is 0 Å². The van der Waals surface area contributed by atoms with E-state index in [9.17, 15) is 22.8 Å². The number of nitrogens with two attached hydrogens (primary N) is 1. The van der Waals surface area contributed by atoms with E-state index in [4.69, 9.17) is 5.73 Å². The first kappa shape index (κ1) is 14.5. The molecular weight excluding hydrogens is 273 g/mol. The Kier molecular flexibility index (Phi) is 3.33. The molecule has 0 aliphatic heterocycles. The normalized spacial score (nSPS) is 20.5. The molecule has 1 aliphatic carbocycles. The van der Waals surface area contributed by atoms with Gasteiger partial charge < -0.3 is 11.1 Å². The summed E-state index contributed by atoms with van der Waals surface area (Å²) in [6.07, 6.45) is -0.872. The van der Waals surface area contributed by atoms with Gasteiger partial charge in [-0.3, -0.25) is 9.59 Å². The van der Waals surface area contributed by atoms with E-state index in [2.05, 4.69) is 5.32 Å². The maximum Gasteiger partial charge on any atom is 0.276 e. The van der Waals surface area contributed by atoms with Gasteiger partial charge in [-0.2, -0.15) is 0 Å². The summed E-state index contributed by atoms with van der Waals surface area (Å²) in [4.78, 5) is 23.1. The predicted octanol–water partition coefficient (Wildman–Crippen LogP) is 2.10. The van der Waals surface area contributed by atoms with Crippen molar-refractivity contribution in [3.05, 3.63) is 28.6 Å². The Balaban J connectivity index is 2.79. The Labute approximate surface area is 113 Å². The maximum absolute atomic E-state index is 14.1. The number of carbonyl (C=O) groups is 2. The third kappa shape index (κ3) is 2.18. The Morgan fingerprint density at radius 2 is 2.10 bits per heavy atom. The van der Waals surface area contributed by atoms with Crippen molar-refractivity contribution in [3.8, 4) is 0 Å². The molecule has 7 heteroatoms. The highest BCUT2D eigenvalue weighted by Gasteiger charge is 2.47. The highest BCUT2D eigenvalue weighted by molar-refractivity contribution is 6.09. The average Bonchev–Trinajstić information content (AvgIpc) is 2.29. The van der Waals surface area contributed by atoms with E-state index in [0.717, 1.165) is 13.0 Å². The molecule has 0 spiro atoms. The Bertz CT molecular complexity index is 614. The first-order valence-corrected chi connectivity index (χ1v) is 5.94. The summed E-state index contributed by atoms with van der Waals surface area (Å²) >= 11 is 0. The topological polar surface area (TPSA) is 72.2 Å². The average molecular weight is 286 g/mol. The quantitative estimate of drug-likeness (QED) is 0.830. The fourth-order valence-corrected chi connectivity index (χ4v) is 2.41. The molecule has 1 unspecified atom stereocenters. The minimum Gasteiger partial charge on any atom is -0.326 e. The van der Waals surface area contributed by atoms with E-state index in [1.165, 1.54) is 6.92 Å². The first-order valence-electron chi connectivity index (χ1n) is 5.94. The molecule has 0 saturated carbocycles. The van der Waals surface area contributed by atoms with Gasteiger partial charge in [0.05, 0.1) is 17.3 Å². The second-order valence-corrected chi connectivity index (χ2v) is 4.84. The van der Waals surface area contributed by atoms with Crippen LogP contribution in [0.15, 0.2) is 6.07 Å². The molecule has 1 amide bonds. The van der Waals surface area contributed by atoms with E-state index in [1.54, 1.807) is 0 Å². The molecule has 1 aromatic carbocycles. The number of benzene rings is 1. The van der Waals surface area contributed by atoms with Gasteiger partial charge in [0.25, 0.3) is 5.92 Å². The van der Waals surface area contributed by atoms with Crippen LogP contribution in [0.3, 0.4) is 0 Å². The van der Waals surface area contributed by atoms with Crippen molar-refractivity contribution in [2.45, 2.75) is 32.2 Å². The van der Waals surface area contributed by atoms with Crippen LogP contribution < -0.4 is 11.1 Å². The molecule has 2 rings (SSSR count). The van der Waals surface area contributed by atoms with Gasteiger partial charge in [-0.1, -0.05) is 0 Å². The highest BCUT2D eigenvalue weighted by Crippen LogP contribution is 2.44. The van der Waals surface area contributed by atoms with E-state index < -0.39 is 47.0 Å². The van der Waals surface area contributed by atoms with E-state index in [0.29, 0.717) is 0 Å². The lowest BCUT2D eigenvalue weighted by molar-refractivity contribution is -0.114.